The van der Waals surface area contributed by atoms with E-state index in [1.807, 2.05) is 18.2 Å². The summed E-state index contributed by atoms with van der Waals surface area (Å²) in [4.78, 5) is 7.93. The van der Waals surface area contributed by atoms with Crippen molar-refractivity contribution in [3.8, 4) is 0 Å². The van der Waals surface area contributed by atoms with Gasteiger partial charge >= 0.3 is 0 Å². The van der Waals surface area contributed by atoms with E-state index in [-0.39, 0.29) is 0 Å². The van der Waals surface area contributed by atoms with Crippen LogP contribution in [0.5, 0.6) is 0 Å². The molecule has 0 atom stereocenters. The fourth-order valence-corrected chi connectivity index (χ4v) is 3.00. The van der Waals surface area contributed by atoms with Gasteiger partial charge < -0.3 is 4.98 Å². The topological polar surface area (TPSA) is 33.1 Å². The molecule has 0 amide bonds. The van der Waals surface area contributed by atoms with Crippen molar-refractivity contribution >= 4 is 59.7 Å². The summed E-state index contributed by atoms with van der Waals surface area (Å²) in [7, 11) is 0. The number of rotatable bonds is 0. The van der Waals surface area contributed by atoms with Crippen LogP contribution in [0.3, 0.4) is 0 Å². The molecular weight excluding hydrogens is 358 g/mol. The van der Waals surface area contributed by atoms with Crippen LogP contribution < -0.4 is 0 Å². The number of fused-ring (bicyclic) bond motifs is 5. The van der Waals surface area contributed by atoms with Crippen molar-refractivity contribution in [2.45, 2.75) is 0 Å². The number of aromatic amines is 1. The van der Waals surface area contributed by atoms with E-state index in [2.05, 4.69) is 64.4 Å². The number of halogens is 2. The molecule has 0 radical (unpaired) electrons. The second-order valence-corrected chi connectivity index (χ2v) is 6.02. The van der Waals surface area contributed by atoms with Gasteiger partial charge in [-0.05, 0) is 36.4 Å². The molecule has 0 saturated carbocycles. The number of imidazole rings is 2. The van der Waals surface area contributed by atoms with Crippen molar-refractivity contribution in [3.63, 3.8) is 0 Å². The Hall–Kier alpha value is -1.33. The van der Waals surface area contributed by atoms with Gasteiger partial charge in [0.25, 0.3) is 0 Å². The Labute approximate surface area is 119 Å². The van der Waals surface area contributed by atoms with Crippen LogP contribution in [0.2, 0.25) is 0 Å². The lowest BCUT2D eigenvalue weighted by atomic mass is 10.3. The lowest BCUT2D eigenvalue weighted by Gasteiger charge is -1.95. The molecule has 1 N–H and O–H groups in total. The summed E-state index contributed by atoms with van der Waals surface area (Å²) >= 11 is 6.98. The molecule has 88 valence electrons. The van der Waals surface area contributed by atoms with Gasteiger partial charge in [-0.3, -0.25) is 4.40 Å². The van der Waals surface area contributed by atoms with Crippen molar-refractivity contribution < 1.29 is 0 Å². The normalized spacial score (nSPS) is 11.9. The summed E-state index contributed by atoms with van der Waals surface area (Å²) < 4.78 is 4.25. The molecule has 0 aliphatic rings. The molecule has 0 saturated heterocycles. The molecule has 3 nitrogen and oxygen atoms in total. The predicted octanol–water partition coefficient (Wildman–Crippen LogP) is 4.49. The van der Waals surface area contributed by atoms with Crippen molar-refractivity contribution in [2.75, 3.05) is 0 Å². The fourth-order valence-electron chi connectivity index (χ4n) is 2.30. The van der Waals surface area contributed by atoms with Crippen molar-refractivity contribution in [3.05, 3.63) is 45.3 Å². The number of hydrogen-bond acceptors (Lipinski definition) is 1. The highest BCUT2D eigenvalue weighted by atomic mass is 79.9. The van der Waals surface area contributed by atoms with Crippen LogP contribution in [0.1, 0.15) is 0 Å². The maximum Gasteiger partial charge on any atom is 0.213 e. The van der Waals surface area contributed by atoms with Crippen LogP contribution >= 0.6 is 31.9 Å². The third-order valence-corrected chi connectivity index (χ3v) is 4.05. The molecule has 2 aromatic heterocycles. The second-order valence-electron chi connectivity index (χ2n) is 4.19. The van der Waals surface area contributed by atoms with Gasteiger partial charge in [0.1, 0.15) is 0 Å². The Morgan fingerprint density at radius 3 is 2.61 bits per heavy atom. The number of aromatic nitrogens is 3. The van der Waals surface area contributed by atoms with Gasteiger partial charge in [-0.2, -0.15) is 0 Å². The molecule has 0 unspecified atom stereocenters. The first-order valence-electron chi connectivity index (χ1n) is 5.47. The minimum atomic E-state index is 0.871. The highest BCUT2D eigenvalue weighted by Crippen LogP contribution is 2.26. The second kappa shape index (κ2) is 3.59. The zero-order chi connectivity index (χ0) is 12.3. The molecule has 0 aliphatic heterocycles. The maximum absolute atomic E-state index is 4.61. The van der Waals surface area contributed by atoms with E-state index < -0.39 is 0 Å². The molecule has 0 bridgehead atoms. The van der Waals surface area contributed by atoms with Crippen LogP contribution in [0.25, 0.3) is 27.8 Å². The van der Waals surface area contributed by atoms with Crippen molar-refractivity contribution in [1.82, 2.24) is 14.4 Å². The average Bonchev–Trinajstić information content (AvgIpc) is 2.83. The number of nitrogens with zero attached hydrogens (tertiary/aromatic N) is 2. The summed E-state index contributed by atoms with van der Waals surface area (Å²) in [6.07, 6.45) is 0. The Morgan fingerprint density at radius 1 is 0.944 bits per heavy atom. The smallest absolute Gasteiger partial charge is 0.213 e. The molecule has 0 aliphatic carbocycles. The number of benzene rings is 2. The molecule has 18 heavy (non-hydrogen) atoms. The van der Waals surface area contributed by atoms with Gasteiger partial charge in [-0.25, -0.2) is 4.98 Å². The van der Waals surface area contributed by atoms with E-state index in [0.717, 1.165) is 36.8 Å². The molecule has 4 aromatic rings. The van der Waals surface area contributed by atoms with Gasteiger partial charge in [-0.15, -0.1) is 0 Å². The highest BCUT2D eigenvalue weighted by Gasteiger charge is 2.10. The van der Waals surface area contributed by atoms with E-state index in [1.54, 1.807) is 0 Å². The van der Waals surface area contributed by atoms with E-state index in [1.165, 1.54) is 0 Å². The van der Waals surface area contributed by atoms with E-state index in [4.69, 9.17) is 0 Å². The minimum absolute atomic E-state index is 0.871. The van der Waals surface area contributed by atoms with Gasteiger partial charge in [0.2, 0.25) is 5.78 Å². The first-order chi connectivity index (χ1) is 8.72. The zero-order valence-electron chi connectivity index (χ0n) is 9.11. The van der Waals surface area contributed by atoms with Gasteiger partial charge in [-0.1, -0.05) is 31.9 Å². The van der Waals surface area contributed by atoms with Crippen molar-refractivity contribution in [2.24, 2.45) is 0 Å². The van der Waals surface area contributed by atoms with Gasteiger partial charge in [0.15, 0.2) is 0 Å². The van der Waals surface area contributed by atoms with E-state index >= 15 is 0 Å². The minimum Gasteiger partial charge on any atom is -0.323 e. The zero-order valence-corrected chi connectivity index (χ0v) is 12.3. The molecule has 2 aromatic carbocycles. The molecular formula is C13H7Br2N3. The lowest BCUT2D eigenvalue weighted by molar-refractivity contribution is 1.28. The predicted molar refractivity (Wildman–Crippen MR) is 80.0 cm³/mol. The molecule has 5 heteroatoms. The first kappa shape index (κ1) is 10.6. The van der Waals surface area contributed by atoms with Crippen LogP contribution in [-0.4, -0.2) is 14.4 Å². The lowest BCUT2D eigenvalue weighted by Crippen LogP contribution is -1.80. The first-order valence-corrected chi connectivity index (χ1v) is 7.06. The van der Waals surface area contributed by atoms with Gasteiger partial charge in [0, 0.05) is 8.95 Å². The van der Waals surface area contributed by atoms with Crippen molar-refractivity contribution in [1.29, 1.82) is 0 Å². The highest BCUT2D eigenvalue weighted by molar-refractivity contribution is 9.10. The maximum atomic E-state index is 4.61. The van der Waals surface area contributed by atoms with Gasteiger partial charge in [0.05, 0.1) is 22.1 Å². The third kappa shape index (κ3) is 1.37. The summed E-state index contributed by atoms with van der Waals surface area (Å²) in [6, 6.07) is 12.3. The quantitative estimate of drug-likeness (QED) is 0.489. The Morgan fingerprint density at radius 2 is 1.72 bits per heavy atom. The van der Waals surface area contributed by atoms with Crippen LogP contribution in [-0.2, 0) is 0 Å². The Kier molecular flexibility index (Phi) is 2.11. The average molecular weight is 365 g/mol. The summed E-state index contributed by atoms with van der Waals surface area (Å²) in [5, 5.41) is 0. The number of H-pyrrole nitrogens is 1. The van der Waals surface area contributed by atoms with E-state index in [0.29, 0.717) is 0 Å². The summed E-state index contributed by atoms with van der Waals surface area (Å²) in [5.41, 5.74) is 4.31. The molecule has 0 fully saturated rings. The van der Waals surface area contributed by atoms with Crippen LogP contribution in [0.15, 0.2) is 45.3 Å². The Balaban J connectivity index is 2.28. The monoisotopic (exact) mass is 363 g/mol. The summed E-state index contributed by atoms with van der Waals surface area (Å²) in [5.74, 6) is 0.871. The third-order valence-electron chi connectivity index (χ3n) is 3.06. The largest absolute Gasteiger partial charge is 0.323 e. The molecule has 0 spiro atoms. The molecule has 2 heterocycles. The van der Waals surface area contributed by atoms with Crippen LogP contribution in [0, 0.1) is 0 Å². The fraction of sp³-hybridized carbons (Fsp3) is 0. The number of nitrogens with one attached hydrogen (secondary N) is 1. The summed E-state index contributed by atoms with van der Waals surface area (Å²) in [6.45, 7) is 0. The number of hydrogen-bond donors (Lipinski definition) is 1. The SMILES string of the molecule is Brc1ccc2c(c1)nc1[nH]c3ccc(Br)cc3n12. The van der Waals surface area contributed by atoms with Crippen LogP contribution in [0.4, 0.5) is 0 Å². The van der Waals surface area contributed by atoms with E-state index in [9.17, 15) is 0 Å². The molecule has 4 rings (SSSR count). The standard InChI is InChI=1S/C13H7Br2N3/c14-7-2-4-11-10(5-7)17-13-16-9-3-1-8(15)6-12(9)18(11)13/h1-6H,(H,16,17). The Bertz CT molecular complexity index is 905.